The van der Waals surface area contributed by atoms with E-state index in [1.807, 2.05) is 30.3 Å². The van der Waals surface area contributed by atoms with Gasteiger partial charge in [0.05, 0.1) is 6.04 Å². The first-order valence-electron chi connectivity index (χ1n) is 7.88. The zero-order valence-corrected chi connectivity index (χ0v) is 13.6. The van der Waals surface area contributed by atoms with Crippen molar-refractivity contribution in [2.24, 2.45) is 0 Å². The second-order valence-corrected chi connectivity index (χ2v) is 5.56. The second kappa shape index (κ2) is 8.82. The zero-order valence-electron chi connectivity index (χ0n) is 13.6. The van der Waals surface area contributed by atoms with Crippen LogP contribution in [0.3, 0.4) is 0 Å². The van der Waals surface area contributed by atoms with Gasteiger partial charge >= 0.3 is 0 Å². The lowest BCUT2D eigenvalue weighted by Gasteiger charge is -2.20. The molecule has 5 heteroatoms. The van der Waals surface area contributed by atoms with Gasteiger partial charge in [0.25, 0.3) is 0 Å². The molecule has 24 heavy (non-hydrogen) atoms. The molecule has 0 radical (unpaired) electrons. The minimum Gasteiger partial charge on any atom is -0.356 e. The molecule has 2 aromatic carbocycles. The van der Waals surface area contributed by atoms with E-state index in [2.05, 4.69) is 10.6 Å². The van der Waals surface area contributed by atoms with Crippen molar-refractivity contribution in [1.29, 1.82) is 0 Å². The van der Waals surface area contributed by atoms with Gasteiger partial charge in [0.1, 0.15) is 5.82 Å². The lowest BCUT2D eigenvalue weighted by molar-refractivity contribution is -0.122. The van der Waals surface area contributed by atoms with Crippen molar-refractivity contribution in [3.63, 3.8) is 0 Å². The Morgan fingerprint density at radius 1 is 1.04 bits per heavy atom. The third-order valence-corrected chi connectivity index (χ3v) is 3.62. The van der Waals surface area contributed by atoms with Crippen LogP contribution >= 0.6 is 0 Å². The molecule has 0 saturated heterocycles. The number of hydrogen-bond acceptors (Lipinski definition) is 2. The van der Waals surface area contributed by atoms with Gasteiger partial charge in [-0.1, -0.05) is 48.5 Å². The van der Waals surface area contributed by atoms with Crippen LogP contribution in [0.1, 0.15) is 30.5 Å². The highest BCUT2D eigenvalue weighted by atomic mass is 19.1. The van der Waals surface area contributed by atoms with Crippen LogP contribution in [-0.2, 0) is 16.0 Å². The van der Waals surface area contributed by atoms with E-state index in [1.165, 1.54) is 13.0 Å². The second-order valence-electron chi connectivity index (χ2n) is 5.56. The lowest BCUT2D eigenvalue weighted by Crippen LogP contribution is -2.33. The smallest absolute Gasteiger partial charge is 0.222 e. The van der Waals surface area contributed by atoms with Gasteiger partial charge in [0.2, 0.25) is 11.8 Å². The summed E-state index contributed by atoms with van der Waals surface area (Å²) in [7, 11) is 0. The highest BCUT2D eigenvalue weighted by Gasteiger charge is 2.18. The minimum absolute atomic E-state index is 0.152. The van der Waals surface area contributed by atoms with E-state index < -0.39 is 6.04 Å². The third-order valence-electron chi connectivity index (χ3n) is 3.62. The first-order valence-corrected chi connectivity index (χ1v) is 7.88. The van der Waals surface area contributed by atoms with Crippen LogP contribution in [0.15, 0.2) is 54.6 Å². The predicted molar refractivity (Wildman–Crippen MR) is 90.7 cm³/mol. The van der Waals surface area contributed by atoms with Gasteiger partial charge in [0, 0.05) is 25.5 Å². The molecule has 0 heterocycles. The van der Waals surface area contributed by atoms with Gasteiger partial charge in [-0.15, -0.1) is 0 Å². The van der Waals surface area contributed by atoms with Crippen LogP contribution < -0.4 is 10.6 Å². The average Bonchev–Trinajstić information content (AvgIpc) is 2.55. The van der Waals surface area contributed by atoms with Crippen molar-refractivity contribution in [1.82, 2.24) is 10.6 Å². The Hall–Kier alpha value is -2.69. The predicted octanol–water partition coefficient (Wildman–Crippen LogP) is 2.75. The molecule has 0 aliphatic heterocycles. The fraction of sp³-hybridized carbons (Fsp3) is 0.263. The van der Waals surface area contributed by atoms with Crippen LogP contribution in [0.2, 0.25) is 0 Å². The maximum Gasteiger partial charge on any atom is 0.222 e. The summed E-state index contributed by atoms with van der Waals surface area (Å²) in [5.41, 5.74) is 1.46. The summed E-state index contributed by atoms with van der Waals surface area (Å²) in [4.78, 5) is 23.0. The number of carbonyl (C=O) groups is 2. The molecule has 2 N–H and O–H groups in total. The molecule has 2 aromatic rings. The van der Waals surface area contributed by atoms with Gasteiger partial charge < -0.3 is 10.6 Å². The molecule has 0 saturated carbocycles. The van der Waals surface area contributed by atoms with Crippen molar-refractivity contribution in [3.05, 3.63) is 71.5 Å². The Kier molecular flexibility index (Phi) is 6.49. The summed E-state index contributed by atoms with van der Waals surface area (Å²) in [5, 5.41) is 5.44. The summed E-state index contributed by atoms with van der Waals surface area (Å²) in [6, 6.07) is 15.6. The third kappa shape index (κ3) is 5.50. The maximum absolute atomic E-state index is 14.1. The monoisotopic (exact) mass is 328 g/mol. The molecular formula is C19H21FN2O2. The molecule has 0 aliphatic rings. The fourth-order valence-electron chi connectivity index (χ4n) is 2.46. The van der Waals surface area contributed by atoms with Crippen LogP contribution in [0, 0.1) is 5.82 Å². The zero-order chi connectivity index (χ0) is 17.4. The molecule has 1 atom stereocenters. The van der Waals surface area contributed by atoms with Crippen molar-refractivity contribution in [2.75, 3.05) is 6.54 Å². The molecule has 126 valence electrons. The maximum atomic E-state index is 14.1. The Balaban J connectivity index is 2.09. The SMILES string of the molecule is CC(=O)NCCC(=O)N[C@@H](Cc1ccccc1)c1ccccc1F. The summed E-state index contributed by atoms with van der Waals surface area (Å²) in [6.07, 6.45) is 0.646. The average molecular weight is 328 g/mol. The molecule has 0 bridgehead atoms. The normalized spacial score (nSPS) is 11.6. The highest BCUT2D eigenvalue weighted by Crippen LogP contribution is 2.21. The summed E-state index contributed by atoms with van der Waals surface area (Å²) in [5.74, 6) is -0.758. The Morgan fingerprint density at radius 3 is 2.38 bits per heavy atom. The van der Waals surface area contributed by atoms with Gasteiger partial charge in [-0.25, -0.2) is 4.39 Å². The van der Waals surface area contributed by atoms with E-state index in [9.17, 15) is 14.0 Å². The molecule has 0 unspecified atom stereocenters. The molecule has 4 nitrogen and oxygen atoms in total. The number of rotatable bonds is 7. The summed E-state index contributed by atoms with van der Waals surface area (Å²) >= 11 is 0. The van der Waals surface area contributed by atoms with Crippen LogP contribution in [-0.4, -0.2) is 18.4 Å². The van der Waals surface area contributed by atoms with Crippen molar-refractivity contribution < 1.29 is 14.0 Å². The van der Waals surface area contributed by atoms with Crippen molar-refractivity contribution in [3.8, 4) is 0 Å². The molecule has 2 rings (SSSR count). The van der Waals surface area contributed by atoms with Gasteiger partial charge in [0.15, 0.2) is 0 Å². The minimum atomic E-state index is -0.460. The van der Waals surface area contributed by atoms with Crippen molar-refractivity contribution in [2.45, 2.75) is 25.8 Å². The highest BCUT2D eigenvalue weighted by molar-refractivity contribution is 5.78. The van der Waals surface area contributed by atoms with E-state index in [4.69, 9.17) is 0 Å². The number of hydrogen-bond donors (Lipinski definition) is 2. The van der Waals surface area contributed by atoms with Gasteiger partial charge in [-0.3, -0.25) is 9.59 Å². The fourth-order valence-corrected chi connectivity index (χ4v) is 2.46. The number of amides is 2. The quantitative estimate of drug-likeness (QED) is 0.821. The Labute approximate surface area is 141 Å². The van der Waals surface area contributed by atoms with Crippen LogP contribution in [0.4, 0.5) is 4.39 Å². The number of carbonyl (C=O) groups excluding carboxylic acids is 2. The van der Waals surface area contributed by atoms with E-state index in [0.29, 0.717) is 12.0 Å². The molecule has 0 aromatic heterocycles. The molecule has 0 spiro atoms. The number of halogens is 1. The number of nitrogens with one attached hydrogen (secondary N) is 2. The van der Waals surface area contributed by atoms with E-state index in [1.54, 1.807) is 18.2 Å². The van der Waals surface area contributed by atoms with Crippen LogP contribution in [0.5, 0.6) is 0 Å². The largest absolute Gasteiger partial charge is 0.356 e. The molecule has 0 aliphatic carbocycles. The molecular weight excluding hydrogens is 307 g/mol. The molecule has 2 amide bonds. The Morgan fingerprint density at radius 2 is 1.71 bits per heavy atom. The summed E-state index contributed by atoms with van der Waals surface area (Å²) in [6.45, 7) is 1.66. The first kappa shape index (κ1) is 17.7. The lowest BCUT2D eigenvalue weighted by atomic mass is 9.98. The van der Waals surface area contributed by atoms with Crippen molar-refractivity contribution >= 4 is 11.8 Å². The van der Waals surface area contributed by atoms with Gasteiger partial charge in [-0.2, -0.15) is 0 Å². The van der Waals surface area contributed by atoms with E-state index >= 15 is 0 Å². The first-order chi connectivity index (χ1) is 11.6. The van der Waals surface area contributed by atoms with E-state index in [-0.39, 0.29) is 30.6 Å². The summed E-state index contributed by atoms with van der Waals surface area (Å²) < 4.78 is 14.1. The number of benzene rings is 2. The van der Waals surface area contributed by atoms with Gasteiger partial charge in [-0.05, 0) is 18.1 Å². The standard InChI is InChI=1S/C19H21FN2O2/c1-14(23)21-12-11-19(24)22-18(13-15-7-3-2-4-8-15)16-9-5-6-10-17(16)20/h2-10,18H,11-13H2,1H3,(H,21,23)(H,22,24)/t18-/m0/s1. The van der Waals surface area contributed by atoms with E-state index in [0.717, 1.165) is 5.56 Å². The molecule has 0 fully saturated rings. The topological polar surface area (TPSA) is 58.2 Å². The Bertz CT molecular complexity index is 689. The van der Waals surface area contributed by atoms with Crippen LogP contribution in [0.25, 0.3) is 0 Å².